The van der Waals surface area contributed by atoms with Crippen LogP contribution in [0.4, 0.5) is 0 Å². The number of rotatable bonds is 4. The monoisotopic (exact) mass is 351 g/mol. The van der Waals surface area contributed by atoms with Crippen LogP contribution in [0.5, 0.6) is 0 Å². The van der Waals surface area contributed by atoms with Crippen molar-refractivity contribution in [3.63, 3.8) is 0 Å². The van der Waals surface area contributed by atoms with Crippen molar-refractivity contribution in [2.24, 2.45) is 0 Å². The third-order valence-electron chi connectivity index (χ3n) is 4.13. The van der Waals surface area contributed by atoms with Gasteiger partial charge in [-0.15, -0.1) is 11.8 Å². The Morgan fingerprint density at radius 2 is 2.08 bits per heavy atom. The van der Waals surface area contributed by atoms with Crippen LogP contribution in [-0.4, -0.2) is 43.0 Å². The first-order chi connectivity index (χ1) is 12.3. The lowest BCUT2D eigenvalue weighted by molar-refractivity contribution is -0.129. The van der Waals surface area contributed by atoms with Crippen LogP contribution >= 0.6 is 11.8 Å². The van der Waals surface area contributed by atoms with Crippen LogP contribution < -0.4 is 0 Å². The van der Waals surface area contributed by atoms with Gasteiger partial charge in [0.05, 0.1) is 23.7 Å². The van der Waals surface area contributed by atoms with Gasteiger partial charge in [0.1, 0.15) is 5.82 Å². The Balaban J connectivity index is 1.42. The zero-order valence-corrected chi connectivity index (χ0v) is 14.4. The number of amides is 1. The normalized spacial score (nSPS) is 13.5. The first kappa shape index (κ1) is 15.8. The Labute approximate surface area is 149 Å². The van der Waals surface area contributed by atoms with E-state index in [9.17, 15) is 4.79 Å². The van der Waals surface area contributed by atoms with E-state index in [1.54, 1.807) is 36.5 Å². The molecule has 0 bridgehead atoms. The van der Waals surface area contributed by atoms with Crippen molar-refractivity contribution in [2.45, 2.75) is 17.9 Å². The summed E-state index contributed by atoms with van der Waals surface area (Å²) in [5, 5.41) is 0. The minimum atomic E-state index is 0.144. The molecule has 0 fully saturated rings. The highest BCUT2D eigenvalue weighted by atomic mass is 32.2. The summed E-state index contributed by atoms with van der Waals surface area (Å²) < 4.78 is 0. The molecule has 1 aliphatic heterocycles. The maximum absolute atomic E-state index is 12.5. The summed E-state index contributed by atoms with van der Waals surface area (Å²) in [6, 6.07) is 7.71. The molecule has 0 saturated heterocycles. The highest BCUT2D eigenvalue weighted by molar-refractivity contribution is 8.00. The third-order valence-corrected chi connectivity index (χ3v) is 5.13. The molecule has 4 heterocycles. The summed E-state index contributed by atoms with van der Waals surface area (Å²) >= 11 is 1.54. The van der Waals surface area contributed by atoms with Crippen LogP contribution in [0.3, 0.4) is 0 Å². The van der Waals surface area contributed by atoms with E-state index in [0.717, 1.165) is 34.1 Å². The zero-order chi connectivity index (χ0) is 17.1. The molecule has 7 heteroatoms. The number of nitrogens with zero attached hydrogens (tertiary/aromatic N) is 4. The molecule has 1 amide bonds. The summed E-state index contributed by atoms with van der Waals surface area (Å²) in [7, 11) is 0. The number of carbonyl (C=O) groups is 1. The van der Waals surface area contributed by atoms with E-state index in [1.165, 1.54) is 0 Å². The highest BCUT2D eigenvalue weighted by Gasteiger charge is 2.24. The van der Waals surface area contributed by atoms with Crippen LogP contribution in [0.15, 0.2) is 53.9 Å². The van der Waals surface area contributed by atoms with E-state index in [0.29, 0.717) is 18.8 Å². The number of thioether (sulfide) groups is 1. The van der Waals surface area contributed by atoms with Crippen molar-refractivity contribution in [1.82, 2.24) is 24.8 Å². The molecule has 1 aliphatic rings. The number of pyridine rings is 2. The molecule has 3 aromatic rings. The number of fused-ring (bicyclic) bond motifs is 1. The van der Waals surface area contributed by atoms with Crippen molar-refractivity contribution < 1.29 is 4.79 Å². The van der Waals surface area contributed by atoms with Crippen molar-refractivity contribution >= 4 is 17.7 Å². The molecule has 6 nitrogen and oxygen atoms in total. The second-order valence-electron chi connectivity index (χ2n) is 5.79. The summed E-state index contributed by atoms with van der Waals surface area (Å²) in [6.45, 7) is 1.29. The first-order valence-electron chi connectivity index (χ1n) is 8.08. The molecule has 0 aromatic carbocycles. The van der Waals surface area contributed by atoms with Crippen molar-refractivity contribution in [1.29, 1.82) is 0 Å². The Bertz CT molecular complexity index is 866. The Morgan fingerprint density at radius 3 is 2.88 bits per heavy atom. The second kappa shape index (κ2) is 7.06. The fourth-order valence-electron chi connectivity index (χ4n) is 2.82. The standard InChI is InChI=1S/C18H17N5OS/c24-17(12-25-14-3-7-19-8-4-14)23-9-5-15-16(11-23)22-18(21-15)13-2-1-6-20-10-13/h1-4,6-8,10H,5,9,11-12H2,(H,21,22). The SMILES string of the molecule is O=C(CSc1ccncc1)N1CCc2nc(-c3cccnc3)[nH]c2C1. The van der Waals surface area contributed by atoms with Gasteiger partial charge in [0.2, 0.25) is 5.91 Å². The van der Waals surface area contributed by atoms with Gasteiger partial charge in [-0.3, -0.25) is 14.8 Å². The molecule has 0 spiro atoms. The first-order valence-corrected chi connectivity index (χ1v) is 9.07. The van der Waals surface area contributed by atoms with E-state index in [1.807, 2.05) is 29.2 Å². The van der Waals surface area contributed by atoms with Gasteiger partial charge < -0.3 is 9.88 Å². The molecule has 0 atom stereocenters. The number of aromatic amines is 1. The fraction of sp³-hybridized carbons (Fsp3) is 0.222. The van der Waals surface area contributed by atoms with Gasteiger partial charge in [-0.1, -0.05) is 0 Å². The maximum Gasteiger partial charge on any atom is 0.233 e. The molecular weight excluding hydrogens is 334 g/mol. The number of H-pyrrole nitrogens is 1. The third kappa shape index (κ3) is 3.56. The molecule has 0 radical (unpaired) electrons. The van der Waals surface area contributed by atoms with Crippen LogP contribution in [0.2, 0.25) is 0 Å². The summed E-state index contributed by atoms with van der Waals surface area (Å²) in [5.74, 6) is 1.40. The van der Waals surface area contributed by atoms with Crippen LogP contribution in [0.25, 0.3) is 11.4 Å². The van der Waals surface area contributed by atoms with Gasteiger partial charge >= 0.3 is 0 Å². The number of carbonyl (C=O) groups excluding carboxylic acids is 1. The number of hydrogen-bond acceptors (Lipinski definition) is 5. The summed E-state index contributed by atoms with van der Waals surface area (Å²) in [4.78, 5) is 31.6. The molecule has 4 rings (SSSR count). The van der Waals surface area contributed by atoms with Gasteiger partial charge in [0, 0.05) is 48.2 Å². The number of hydrogen-bond donors (Lipinski definition) is 1. The molecular formula is C18H17N5OS. The summed E-state index contributed by atoms with van der Waals surface area (Å²) in [5.41, 5.74) is 3.03. The van der Waals surface area contributed by atoms with Crippen LogP contribution in [0, 0.1) is 0 Å². The molecule has 0 aliphatic carbocycles. The summed E-state index contributed by atoms with van der Waals surface area (Å²) in [6.07, 6.45) is 7.79. The van der Waals surface area contributed by atoms with Gasteiger partial charge in [-0.05, 0) is 24.3 Å². The van der Waals surface area contributed by atoms with Crippen molar-refractivity contribution in [3.8, 4) is 11.4 Å². The predicted octanol–water partition coefficient (Wildman–Crippen LogP) is 2.54. The van der Waals surface area contributed by atoms with Crippen LogP contribution in [0.1, 0.15) is 11.4 Å². The van der Waals surface area contributed by atoms with Gasteiger partial charge in [-0.25, -0.2) is 4.98 Å². The largest absolute Gasteiger partial charge is 0.340 e. The van der Waals surface area contributed by atoms with E-state index in [2.05, 4.69) is 19.9 Å². The molecule has 1 N–H and O–H groups in total. The number of imidazole rings is 1. The van der Waals surface area contributed by atoms with Gasteiger partial charge in [0.25, 0.3) is 0 Å². The molecule has 25 heavy (non-hydrogen) atoms. The Morgan fingerprint density at radius 1 is 1.20 bits per heavy atom. The fourth-order valence-corrected chi connectivity index (χ4v) is 3.60. The van der Waals surface area contributed by atoms with Crippen molar-refractivity contribution in [3.05, 3.63) is 60.4 Å². The quantitative estimate of drug-likeness (QED) is 0.731. The Hall–Kier alpha value is -2.67. The second-order valence-corrected chi connectivity index (χ2v) is 6.84. The van der Waals surface area contributed by atoms with E-state index >= 15 is 0 Å². The predicted molar refractivity (Wildman–Crippen MR) is 95.9 cm³/mol. The van der Waals surface area contributed by atoms with Gasteiger partial charge in [-0.2, -0.15) is 0 Å². The highest BCUT2D eigenvalue weighted by Crippen LogP contribution is 2.23. The average molecular weight is 351 g/mol. The number of aromatic nitrogens is 4. The zero-order valence-electron chi connectivity index (χ0n) is 13.6. The number of nitrogens with one attached hydrogen (secondary N) is 1. The molecule has 126 valence electrons. The minimum Gasteiger partial charge on any atom is -0.340 e. The minimum absolute atomic E-state index is 0.144. The lowest BCUT2D eigenvalue weighted by Gasteiger charge is -2.26. The average Bonchev–Trinajstić information content (AvgIpc) is 3.11. The Kier molecular flexibility index (Phi) is 4.47. The van der Waals surface area contributed by atoms with Crippen molar-refractivity contribution in [2.75, 3.05) is 12.3 Å². The lowest BCUT2D eigenvalue weighted by atomic mass is 10.1. The maximum atomic E-state index is 12.5. The van der Waals surface area contributed by atoms with E-state index < -0.39 is 0 Å². The molecule has 3 aromatic heterocycles. The topological polar surface area (TPSA) is 74.8 Å². The van der Waals surface area contributed by atoms with Crippen LogP contribution in [-0.2, 0) is 17.8 Å². The smallest absolute Gasteiger partial charge is 0.233 e. The van der Waals surface area contributed by atoms with Gasteiger partial charge in [0.15, 0.2) is 0 Å². The van der Waals surface area contributed by atoms with E-state index in [-0.39, 0.29) is 5.91 Å². The van der Waals surface area contributed by atoms with E-state index in [4.69, 9.17) is 0 Å². The lowest BCUT2D eigenvalue weighted by Crippen LogP contribution is -2.37. The molecule has 0 unspecified atom stereocenters. The molecule has 0 saturated carbocycles.